The molecule has 1 aliphatic rings. The van der Waals surface area contributed by atoms with Gasteiger partial charge in [-0.2, -0.15) is 4.98 Å². The number of hydrogen-bond acceptors (Lipinski definition) is 6. The number of rotatable bonds is 3. The fourth-order valence-corrected chi connectivity index (χ4v) is 2.41. The summed E-state index contributed by atoms with van der Waals surface area (Å²) in [6, 6.07) is 3.95. The van der Waals surface area contributed by atoms with Crippen LogP contribution >= 0.6 is 0 Å². The first-order valence-corrected chi connectivity index (χ1v) is 6.92. The molecule has 2 aromatic rings. The molecule has 6 heteroatoms. The first-order valence-electron chi connectivity index (χ1n) is 6.92. The average molecular weight is 273 g/mol. The highest BCUT2D eigenvalue weighted by Crippen LogP contribution is 2.20. The van der Waals surface area contributed by atoms with E-state index in [4.69, 9.17) is 4.52 Å². The first kappa shape index (κ1) is 13.2. The highest BCUT2D eigenvalue weighted by molar-refractivity contribution is 5.55. The van der Waals surface area contributed by atoms with Gasteiger partial charge in [0, 0.05) is 31.9 Å². The summed E-state index contributed by atoms with van der Waals surface area (Å²) in [5, 5.41) is 7.40. The lowest BCUT2D eigenvalue weighted by molar-refractivity contribution is 0.225. The van der Waals surface area contributed by atoms with E-state index < -0.39 is 0 Å². The molecule has 3 rings (SSSR count). The van der Waals surface area contributed by atoms with Crippen molar-refractivity contribution < 1.29 is 4.52 Å². The molecule has 1 N–H and O–H groups in total. The van der Waals surface area contributed by atoms with Crippen LogP contribution in [-0.2, 0) is 6.54 Å². The molecule has 20 heavy (non-hydrogen) atoms. The van der Waals surface area contributed by atoms with Crippen LogP contribution in [0.1, 0.15) is 17.2 Å². The van der Waals surface area contributed by atoms with E-state index >= 15 is 0 Å². The number of aromatic nitrogens is 3. The Kier molecular flexibility index (Phi) is 3.75. The van der Waals surface area contributed by atoms with Crippen LogP contribution in [-0.4, -0.2) is 46.2 Å². The van der Waals surface area contributed by atoms with E-state index in [2.05, 4.69) is 25.3 Å². The van der Waals surface area contributed by atoms with Crippen molar-refractivity contribution in [2.45, 2.75) is 20.4 Å². The summed E-state index contributed by atoms with van der Waals surface area (Å²) in [7, 11) is 0. The zero-order chi connectivity index (χ0) is 13.9. The fraction of sp³-hybridized carbons (Fsp3) is 0.500. The van der Waals surface area contributed by atoms with E-state index in [-0.39, 0.29) is 0 Å². The van der Waals surface area contributed by atoms with Crippen molar-refractivity contribution in [2.24, 2.45) is 0 Å². The molecule has 6 nitrogen and oxygen atoms in total. The normalized spacial score (nSPS) is 16.5. The van der Waals surface area contributed by atoms with Crippen molar-refractivity contribution >= 4 is 0 Å². The fourth-order valence-electron chi connectivity index (χ4n) is 2.41. The Morgan fingerprint density at radius 1 is 1.20 bits per heavy atom. The van der Waals surface area contributed by atoms with Gasteiger partial charge in [-0.15, -0.1) is 0 Å². The van der Waals surface area contributed by atoms with Crippen molar-refractivity contribution in [3.63, 3.8) is 0 Å². The quantitative estimate of drug-likeness (QED) is 0.905. The van der Waals surface area contributed by atoms with Crippen LogP contribution in [0.2, 0.25) is 0 Å². The van der Waals surface area contributed by atoms with Crippen molar-refractivity contribution in [1.29, 1.82) is 0 Å². The van der Waals surface area contributed by atoms with Crippen LogP contribution in [0.15, 0.2) is 16.7 Å². The molecule has 0 amide bonds. The summed E-state index contributed by atoms with van der Waals surface area (Å²) < 4.78 is 5.37. The molecule has 2 aromatic heterocycles. The molecule has 106 valence electrons. The van der Waals surface area contributed by atoms with Crippen LogP contribution in [0.3, 0.4) is 0 Å². The summed E-state index contributed by atoms with van der Waals surface area (Å²) in [4.78, 5) is 11.2. The van der Waals surface area contributed by atoms with E-state index in [1.54, 1.807) is 0 Å². The highest BCUT2D eigenvalue weighted by Gasteiger charge is 2.16. The molecule has 0 aliphatic carbocycles. The van der Waals surface area contributed by atoms with E-state index in [1.165, 1.54) is 0 Å². The SMILES string of the molecule is Cc1ccc(-c2nc(CN3CCNCC3)no2)c(C)n1. The lowest BCUT2D eigenvalue weighted by Gasteiger charge is -2.25. The van der Waals surface area contributed by atoms with Crippen molar-refractivity contribution in [2.75, 3.05) is 26.2 Å². The van der Waals surface area contributed by atoms with E-state index in [0.29, 0.717) is 5.89 Å². The van der Waals surface area contributed by atoms with Gasteiger partial charge in [0.1, 0.15) is 0 Å². The van der Waals surface area contributed by atoms with Gasteiger partial charge in [-0.1, -0.05) is 5.16 Å². The predicted octanol–water partition coefficient (Wildman–Crippen LogP) is 1.15. The summed E-state index contributed by atoms with van der Waals surface area (Å²) in [5.74, 6) is 1.29. The second kappa shape index (κ2) is 5.68. The van der Waals surface area contributed by atoms with E-state index in [0.717, 1.165) is 55.5 Å². The van der Waals surface area contributed by atoms with Crippen LogP contribution in [0.25, 0.3) is 11.5 Å². The molecular weight excluding hydrogens is 254 g/mol. The van der Waals surface area contributed by atoms with Gasteiger partial charge in [-0.25, -0.2) is 0 Å². The molecule has 0 radical (unpaired) electrons. The van der Waals surface area contributed by atoms with Gasteiger partial charge in [-0.3, -0.25) is 9.88 Å². The summed E-state index contributed by atoms with van der Waals surface area (Å²) in [6.07, 6.45) is 0. The largest absolute Gasteiger partial charge is 0.334 e. The van der Waals surface area contributed by atoms with Crippen molar-refractivity contribution in [3.8, 4) is 11.5 Å². The van der Waals surface area contributed by atoms with E-state index in [9.17, 15) is 0 Å². The third-order valence-corrected chi connectivity index (χ3v) is 3.50. The van der Waals surface area contributed by atoms with Gasteiger partial charge in [0.05, 0.1) is 17.8 Å². The Bertz CT molecular complexity index is 589. The number of nitrogens with one attached hydrogen (secondary N) is 1. The molecule has 0 unspecified atom stereocenters. The van der Waals surface area contributed by atoms with Crippen LogP contribution in [0, 0.1) is 13.8 Å². The lowest BCUT2D eigenvalue weighted by Crippen LogP contribution is -2.43. The number of aryl methyl sites for hydroxylation is 2. The van der Waals surface area contributed by atoms with Crippen LogP contribution in [0.5, 0.6) is 0 Å². The smallest absolute Gasteiger partial charge is 0.259 e. The molecule has 1 aliphatic heterocycles. The van der Waals surface area contributed by atoms with Gasteiger partial charge in [0.2, 0.25) is 0 Å². The highest BCUT2D eigenvalue weighted by atomic mass is 16.5. The zero-order valence-corrected chi connectivity index (χ0v) is 11.9. The molecule has 0 saturated carbocycles. The number of pyridine rings is 1. The first-order chi connectivity index (χ1) is 9.72. The number of nitrogens with zero attached hydrogens (tertiary/aromatic N) is 4. The molecule has 3 heterocycles. The van der Waals surface area contributed by atoms with Gasteiger partial charge < -0.3 is 9.84 Å². The minimum absolute atomic E-state index is 0.556. The van der Waals surface area contributed by atoms with Gasteiger partial charge in [0.25, 0.3) is 5.89 Å². The standard InChI is InChI=1S/C14H19N5O/c1-10-3-4-12(11(2)16-10)14-17-13(18-20-14)9-19-7-5-15-6-8-19/h3-4,15H,5-9H2,1-2H3. The third kappa shape index (κ3) is 2.86. The zero-order valence-electron chi connectivity index (χ0n) is 11.9. The Morgan fingerprint density at radius 3 is 2.75 bits per heavy atom. The monoisotopic (exact) mass is 273 g/mol. The Morgan fingerprint density at radius 2 is 2.00 bits per heavy atom. The van der Waals surface area contributed by atoms with Crippen LogP contribution in [0.4, 0.5) is 0 Å². The van der Waals surface area contributed by atoms with Gasteiger partial charge >= 0.3 is 0 Å². The Balaban J connectivity index is 1.75. The maximum absolute atomic E-state index is 5.37. The second-order valence-electron chi connectivity index (χ2n) is 5.13. The maximum atomic E-state index is 5.37. The van der Waals surface area contributed by atoms with Gasteiger partial charge in [-0.05, 0) is 26.0 Å². The number of piperazine rings is 1. The predicted molar refractivity (Wildman–Crippen MR) is 75.1 cm³/mol. The Hall–Kier alpha value is -1.79. The lowest BCUT2D eigenvalue weighted by atomic mass is 10.2. The molecule has 0 atom stereocenters. The summed E-state index contributed by atoms with van der Waals surface area (Å²) in [5.41, 5.74) is 2.82. The molecule has 1 fully saturated rings. The molecule has 0 spiro atoms. The molecular formula is C14H19N5O. The number of hydrogen-bond donors (Lipinski definition) is 1. The van der Waals surface area contributed by atoms with E-state index in [1.807, 2.05) is 26.0 Å². The Labute approximate surface area is 118 Å². The topological polar surface area (TPSA) is 67.1 Å². The molecule has 0 bridgehead atoms. The van der Waals surface area contributed by atoms with Crippen molar-refractivity contribution in [3.05, 3.63) is 29.3 Å². The molecule has 1 saturated heterocycles. The minimum Gasteiger partial charge on any atom is -0.334 e. The summed E-state index contributed by atoms with van der Waals surface area (Å²) in [6.45, 7) is 8.76. The maximum Gasteiger partial charge on any atom is 0.259 e. The second-order valence-corrected chi connectivity index (χ2v) is 5.13. The molecule has 0 aromatic carbocycles. The average Bonchev–Trinajstić information content (AvgIpc) is 2.88. The summed E-state index contributed by atoms with van der Waals surface area (Å²) >= 11 is 0. The van der Waals surface area contributed by atoms with Crippen LogP contribution < -0.4 is 5.32 Å². The van der Waals surface area contributed by atoms with Gasteiger partial charge in [0.15, 0.2) is 5.82 Å². The third-order valence-electron chi connectivity index (χ3n) is 3.50. The van der Waals surface area contributed by atoms with Crippen molar-refractivity contribution in [1.82, 2.24) is 25.3 Å². The minimum atomic E-state index is 0.556.